The van der Waals surface area contributed by atoms with Crippen molar-refractivity contribution >= 4 is 0 Å². The van der Waals surface area contributed by atoms with Crippen LogP contribution in [0.5, 0.6) is 0 Å². The van der Waals surface area contributed by atoms with Gasteiger partial charge in [-0.1, -0.05) is 33.8 Å². The van der Waals surface area contributed by atoms with Crippen LogP contribution in [0.2, 0.25) is 0 Å². The van der Waals surface area contributed by atoms with Crippen LogP contribution in [0.1, 0.15) is 34.1 Å². The number of nitrogens with one attached hydrogen (secondary N) is 1. The average molecular weight is 212 g/mol. The fraction of sp³-hybridized carbons (Fsp3) is 0.846. The lowest BCUT2D eigenvalue weighted by molar-refractivity contribution is 0.195. The highest BCUT2D eigenvalue weighted by Crippen LogP contribution is 2.15. The third-order valence-electron chi connectivity index (χ3n) is 2.52. The normalized spacial score (nSPS) is 12.1. The Balaban J connectivity index is 3.91. The Kier molecular flexibility index (Phi) is 7.71. The fourth-order valence-corrected chi connectivity index (χ4v) is 1.75. The SMILES string of the molecule is C=CCN(CC)CC(C)(C)CNCCC. The second-order valence-corrected chi connectivity index (χ2v) is 4.96. The molecule has 0 aromatic heterocycles. The summed E-state index contributed by atoms with van der Waals surface area (Å²) in [7, 11) is 0. The van der Waals surface area contributed by atoms with Crippen molar-refractivity contribution in [1.82, 2.24) is 10.2 Å². The Bertz CT molecular complexity index is 164. The Morgan fingerprint density at radius 3 is 2.47 bits per heavy atom. The summed E-state index contributed by atoms with van der Waals surface area (Å²) in [6.45, 7) is 18.3. The summed E-state index contributed by atoms with van der Waals surface area (Å²) in [5, 5.41) is 3.49. The van der Waals surface area contributed by atoms with E-state index in [2.05, 4.69) is 44.5 Å². The van der Waals surface area contributed by atoms with Crippen molar-refractivity contribution < 1.29 is 0 Å². The van der Waals surface area contributed by atoms with Crippen LogP contribution in [0.3, 0.4) is 0 Å². The van der Waals surface area contributed by atoms with Gasteiger partial charge in [-0.3, -0.25) is 4.90 Å². The molecule has 0 bridgehead atoms. The number of hydrogen-bond donors (Lipinski definition) is 1. The van der Waals surface area contributed by atoms with Crippen molar-refractivity contribution in [2.75, 3.05) is 32.7 Å². The molecule has 0 radical (unpaired) electrons. The van der Waals surface area contributed by atoms with E-state index in [1.165, 1.54) is 6.42 Å². The van der Waals surface area contributed by atoms with Gasteiger partial charge in [-0.15, -0.1) is 6.58 Å². The van der Waals surface area contributed by atoms with Crippen molar-refractivity contribution in [3.63, 3.8) is 0 Å². The fourth-order valence-electron chi connectivity index (χ4n) is 1.75. The van der Waals surface area contributed by atoms with Gasteiger partial charge in [0.25, 0.3) is 0 Å². The summed E-state index contributed by atoms with van der Waals surface area (Å²) >= 11 is 0. The minimum Gasteiger partial charge on any atom is -0.316 e. The monoisotopic (exact) mass is 212 g/mol. The van der Waals surface area contributed by atoms with E-state index in [1.54, 1.807) is 0 Å². The van der Waals surface area contributed by atoms with Crippen LogP contribution in [-0.2, 0) is 0 Å². The summed E-state index contributed by atoms with van der Waals surface area (Å²) in [4.78, 5) is 2.43. The molecule has 15 heavy (non-hydrogen) atoms. The zero-order valence-electron chi connectivity index (χ0n) is 11.0. The van der Waals surface area contributed by atoms with Crippen molar-refractivity contribution in [3.8, 4) is 0 Å². The predicted octanol–water partition coefficient (Wildman–Crippen LogP) is 2.52. The van der Waals surface area contributed by atoms with Crippen molar-refractivity contribution in [3.05, 3.63) is 12.7 Å². The Morgan fingerprint density at radius 1 is 1.33 bits per heavy atom. The maximum atomic E-state index is 3.80. The molecule has 0 saturated heterocycles. The molecule has 2 heteroatoms. The number of rotatable bonds is 9. The number of likely N-dealkylation sites (N-methyl/N-ethyl adjacent to an activating group) is 1. The maximum absolute atomic E-state index is 3.80. The van der Waals surface area contributed by atoms with Gasteiger partial charge < -0.3 is 5.32 Å². The molecular formula is C13H28N2. The van der Waals surface area contributed by atoms with Gasteiger partial charge in [0, 0.05) is 19.6 Å². The summed E-state index contributed by atoms with van der Waals surface area (Å²) in [6, 6.07) is 0. The van der Waals surface area contributed by atoms with Crippen LogP contribution in [0.25, 0.3) is 0 Å². The van der Waals surface area contributed by atoms with Gasteiger partial charge >= 0.3 is 0 Å². The topological polar surface area (TPSA) is 15.3 Å². The molecule has 0 heterocycles. The van der Waals surface area contributed by atoms with Gasteiger partial charge in [0.15, 0.2) is 0 Å². The molecule has 0 aromatic carbocycles. The van der Waals surface area contributed by atoms with E-state index in [0.29, 0.717) is 5.41 Å². The molecule has 0 aliphatic heterocycles. The van der Waals surface area contributed by atoms with E-state index in [1.807, 2.05) is 6.08 Å². The summed E-state index contributed by atoms with van der Waals surface area (Å²) in [6.07, 6.45) is 3.19. The van der Waals surface area contributed by atoms with Crippen LogP contribution < -0.4 is 5.32 Å². The van der Waals surface area contributed by atoms with Gasteiger partial charge in [-0.25, -0.2) is 0 Å². The van der Waals surface area contributed by atoms with Gasteiger partial charge in [-0.05, 0) is 24.9 Å². The third kappa shape index (κ3) is 7.57. The molecule has 0 amide bonds. The van der Waals surface area contributed by atoms with Gasteiger partial charge in [-0.2, -0.15) is 0 Å². The maximum Gasteiger partial charge on any atom is 0.0160 e. The molecule has 90 valence electrons. The van der Waals surface area contributed by atoms with E-state index < -0.39 is 0 Å². The van der Waals surface area contributed by atoms with Crippen molar-refractivity contribution in [2.24, 2.45) is 5.41 Å². The predicted molar refractivity (Wildman–Crippen MR) is 69.3 cm³/mol. The molecule has 0 fully saturated rings. The lowest BCUT2D eigenvalue weighted by Gasteiger charge is -2.31. The first-order valence-corrected chi connectivity index (χ1v) is 6.09. The highest BCUT2D eigenvalue weighted by Gasteiger charge is 2.19. The molecule has 0 spiro atoms. The lowest BCUT2D eigenvalue weighted by atomic mass is 9.92. The lowest BCUT2D eigenvalue weighted by Crippen LogP contribution is -2.40. The molecular weight excluding hydrogens is 184 g/mol. The third-order valence-corrected chi connectivity index (χ3v) is 2.52. The molecule has 0 atom stereocenters. The Labute approximate surface area is 95.7 Å². The minimum absolute atomic E-state index is 0.341. The quantitative estimate of drug-likeness (QED) is 0.467. The van der Waals surface area contributed by atoms with Crippen LogP contribution >= 0.6 is 0 Å². The molecule has 2 nitrogen and oxygen atoms in total. The Morgan fingerprint density at radius 2 is 2.00 bits per heavy atom. The van der Waals surface area contributed by atoms with Crippen LogP contribution in [0.4, 0.5) is 0 Å². The molecule has 1 N–H and O–H groups in total. The first-order chi connectivity index (χ1) is 7.05. The minimum atomic E-state index is 0.341. The Hall–Kier alpha value is -0.340. The summed E-state index contributed by atoms with van der Waals surface area (Å²) in [5.74, 6) is 0. The smallest absolute Gasteiger partial charge is 0.0160 e. The standard InChI is InChI=1S/C13H28N2/c1-6-9-14-11-13(4,5)12-15(8-3)10-7-2/h7,14H,2,6,8-12H2,1,3-5H3. The van der Waals surface area contributed by atoms with Crippen LogP contribution in [0, 0.1) is 5.41 Å². The largest absolute Gasteiger partial charge is 0.316 e. The average Bonchev–Trinajstić information content (AvgIpc) is 2.17. The van der Waals surface area contributed by atoms with Gasteiger partial charge in [0.1, 0.15) is 0 Å². The molecule has 0 aromatic rings. The van der Waals surface area contributed by atoms with Crippen LogP contribution in [0.15, 0.2) is 12.7 Å². The zero-order valence-corrected chi connectivity index (χ0v) is 11.0. The molecule has 0 aliphatic carbocycles. The van der Waals surface area contributed by atoms with E-state index in [-0.39, 0.29) is 0 Å². The first kappa shape index (κ1) is 14.7. The highest BCUT2D eigenvalue weighted by atomic mass is 15.1. The van der Waals surface area contributed by atoms with E-state index >= 15 is 0 Å². The summed E-state index contributed by atoms with van der Waals surface area (Å²) in [5.41, 5.74) is 0.341. The molecule has 0 unspecified atom stereocenters. The van der Waals surface area contributed by atoms with E-state index in [9.17, 15) is 0 Å². The first-order valence-electron chi connectivity index (χ1n) is 6.09. The van der Waals surface area contributed by atoms with Gasteiger partial charge in [0.05, 0.1) is 0 Å². The molecule has 0 aliphatic rings. The number of nitrogens with zero attached hydrogens (tertiary/aromatic N) is 1. The van der Waals surface area contributed by atoms with Gasteiger partial charge in [0.2, 0.25) is 0 Å². The van der Waals surface area contributed by atoms with Crippen molar-refractivity contribution in [2.45, 2.75) is 34.1 Å². The second kappa shape index (κ2) is 7.89. The van der Waals surface area contributed by atoms with E-state index in [4.69, 9.17) is 0 Å². The van der Waals surface area contributed by atoms with E-state index in [0.717, 1.165) is 32.7 Å². The molecule has 0 saturated carbocycles. The zero-order chi connectivity index (χ0) is 11.7. The number of hydrogen-bond acceptors (Lipinski definition) is 2. The molecule has 0 rings (SSSR count). The summed E-state index contributed by atoms with van der Waals surface area (Å²) < 4.78 is 0. The van der Waals surface area contributed by atoms with Crippen LogP contribution in [-0.4, -0.2) is 37.6 Å². The second-order valence-electron chi connectivity index (χ2n) is 4.96. The highest BCUT2D eigenvalue weighted by molar-refractivity contribution is 4.80. The van der Waals surface area contributed by atoms with Crippen molar-refractivity contribution in [1.29, 1.82) is 0 Å².